The molecule has 0 bridgehead atoms. The zero-order chi connectivity index (χ0) is 18.0. The van der Waals surface area contributed by atoms with Crippen LogP contribution < -0.4 is 5.43 Å². The van der Waals surface area contributed by atoms with Gasteiger partial charge < -0.3 is 4.74 Å². The Morgan fingerprint density at radius 3 is 2.52 bits per heavy atom. The van der Waals surface area contributed by atoms with Crippen LogP contribution in [0.1, 0.15) is 16.8 Å². The Morgan fingerprint density at radius 2 is 1.96 bits per heavy atom. The molecular weight excluding hydrogens is 337 g/mol. The Labute approximate surface area is 139 Å². The Bertz CT molecular complexity index is 899. The van der Waals surface area contributed by atoms with Gasteiger partial charge in [-0.25, -0.2) is 10.4 Å². The Kier molecular flexibility index (Phi) is 4.10. The first-order chi connectivity index (χ1) is 11.9. The highest BCUT2D eigenvalue weighted by Crippen LogP contribution is 2.37. The van der Waals surface area contributed by atoms with Crippen molar-refractivity contribution in [3.05, 3.63) is 53.3 Å². The van der Waals surface area contributed by atoms with Crippen molar-refractivity contribution in [3.63, 3.8) is 0 Å². The number of hydrazone groups is 1. The third-order valence-electron chi connectivity index (χ3n) is 3.38. The summed E-state index contributed by atoms with van der Waals surface area (Å²) >= 11 is 0. The molecule has 1 aliphatic heterocycles. The number of carbonyl (C=O) groups is 1. The van der Waals surface area contributed by atoms with E-state index < -0.39 is 17.6 Å². The van der Waals surface area contributed by atoms with Gasteiger partial charge in [0.1, 0.15) is 11.8 Å². The number of nitrogens with one attached hydrogen (secondary N) is 1. The summed E-state index contributed by atoms with van der Waals surface area (Å²) in [6, 6.07) is 8.10. The van der Waals surface area contributed by atoms with E-state index in [0.717, 1.165) is 6.07 Å². The first kappa shape index (κ1) is 16.4. The number of pyridine rings is 1. The number of benzene rings is 1. The second-order valence-electron chi connectivity index (χ2n) is 5.04. The summed E-state index contributed by atoms with van der Waals surface area (Å²) in [5.41, 5.74) is 1.57. The van der Waals surface area contributed by atoms with Gasteiger partial charge in [0.05, 0.1) is 5.56 Å². The fraction of sp³-hybridized carbons (Fsp3) is 0.125. The van der Waals surface area contributed by atoms with E-state index in [-0.39, 0.29) is 34.9 Å². The fourth-order valence-corrected chi connectivity index (χ4v) is 2.24. The predicted octanol–water partition coefficient (Wildman–Crippen LogP) is 2.45. The van der Waals surface area contributed by atoms with Gasteiger partial charge in [0.2, 0.25) is 5.90 Å². The van der Waals surface area contributed by atoms with E-state index in [1.165, 1.54) is 30.5 Å². The van der Waals surface area contributed by atoms with Crippen molar-refractivity contribution in [2.45, 2.75) is 6.18 Å². The molecule has 126 valence electrons. The molecule has 0 aliphatic carbocycles. The monoisotopic (exact) mass is 346 g/mol. The lowest BCUT2D eigenvalue weighted by atomic mass is 9.98. The summed E-state index contributed by atoms with van der Waals surface area (Å²) in [6.07, 6.45) is -3.42. The van der Waals surface area contributed by atoms with Crippen molar-refractivity contribution in [2.75, 3.05) is 6.61 Å². The highest BCUT2D eigenvalue weighted by Gasteiger charge is 2.34. The van der Waals surface area contributed by atoms with Gasteiger partial charge in [-0.2, -0.15) is 18.4 Å². The van der Waals surface area contributed by atoms with Crippen LogP contribution in [0.3, 0.4) is 0 Å². The average Bonchev–Trinajstić information content (AvgIpc) is 2.61. The van der Waals surface area contributed by atoms with Crippen LogP contribution in [-0.4, -0.2) is 23.4 Å². The molecule has 3 rings (SSSR count). The van der Waals surface area contributed by atoms with Gasteiger partial charge in [0, 0.05) is 17.3 Å². The molecule has 0 atom stereocenters. The minimum atomic E-state index is -4.63. The zero-order valence-electron chi connectivity index (χ0n) is 12.5. The summed E-state index contributed by atoms with van der Waals surface area (Å²) in [7, 11) is 0. The van der Waals surface area contributed by atoms with Gasteiger partial charge in [-0.05, 0) is 29.8 Å². The number of aromatic nitrogens is 1. The highest BCUT2D eigenvalue weighted by atomic mass is 19.4. The number of nitriles is 1. The van der Waals surface area contributed by atoms with E-state index in [2.05, 4.69) is 15.5 Å². The molecule has 1 aliphatic rings. The van der Waals surface area contributed by atoms with Gasteiger partial charge in [0.25, 0.3) is 5.91 Å². The van der Waals surface area contributed by atoms with Gasteiger partial charge in [-0.15, -0.1) is 5.10 Å². The molecule has 2 aromatic rings. The molecule has 1 amide bonds. The lowest BCUT2D eigenvalue weighted by Gasteiger charge is -2.17. The maximum atomic E-state index is 13.5. The lowest BCUT2D eigenvalue weighted by molar-refractivity contribution is -0.137. The van der Waals surface area contributed by atoms with E-state index in [9.17, 15) is 18.0 Å². The maximum Gasteiger partial charge on any atom is 0.417 e. The number of nitrogens with zero attached hydrogens (tertiary/aromatic N) is 3. The van der Waals surface area contributed by atoms with Crippen LogP contribution in [0.2, 0.25) is 0 Å². The van der Waals surface area contributed by atoms with E-state index in [1.807, 2.05) is 0 Å². The smallest absolute Gasteiger partial charge is 0.417 e. The van der Waals surface area contributed by atoms with E-state index >= 15 is 0 Å². The number of hydrogen-bond acceptors (Lipinski definition) is 5. The van der Waals surface area contributed by atoms with Crippen LogP contribution in [0.25, 0.3) is 11.1 Å². The maximum absolute atomic E-state index is 13.5. The second kappa shape index (κ2) is 6.24. The minimum absolute atomic E-state index is 0.0812. The minimum Gasteiger partial charge on any atom is -0.466 e. The van der Waals surface area contributed by atoms with Crippen LogP contribution in [0.15, 0.2) is 41.6 Å². The molecule has 2 heterocycles. The molecule has 1 aromatic carbocycles. The quantitative estimate of drug-likeness (QED) is 0.905. The van der Waals surface area contributed by atoms with E-state index in [1.54, 1.807) is 6.07 Å². The van der Waals surface area contributed by atoms with Crippen molar-refractivity contribution in [1.82, 2.24) is 10.4 Å². The Morgan fingerprint density at radius 1 is 1.20 bits per heavy atom. The van der Waals surface area contributed by atoms with Gasteiger partial charge in [0.15, 0.2) is 6.61 Å². The molecule has 1 aromatic heterocycles. The predicted molar refractivity (Wildman–Crippen MR) is 80.0 cm³/mol. The van der Waals surface area contributed by atoms with E-state index in [0.29, 0.717) is 0 Å². The van der Waals surface area contributed by atoms with Crippen LogP contribution in [0.5, 0.6) is 0 Å². The van der Waals surface area contributed by atoms with Crippen LogP contribution in [0, 0.1) is 11.3 Å². The topological polar surface area (TPSA) is 87.4 Å². The standard InChI is InChI=1S/C16H9F3N4O2/c17-16(18,19)13-5-9(15-23-22-14(24)8-25-15)2-4-12(13)10-1-3-11(6-20)21-7-10/h1-5,7H,8H2,(H,22,24). The molecule has 0 unspecified atom stereocenters. The summed E-state index contributed by atoms with van der Waals surface area (Å²) in [4.78, 5) is 14.8. The summed E-state index contributed by atoms with van der Waals surface area (Å²) in [6.45, 7) is -0.318. The zero-order valence-corrected chi connectivity index (χ0v) is 12.5. The number of carbonyl (C=O) groups excluding carboxylic acids is 1. The molecule has 25 heavy (non-hydrogen) atoms. The first-order valence-electron chi connectivity index (χ1n) is 6.96. The number of halogens is 3. The molecule has 0 spiro atoms. The van der Waals surface area contributed by atoms with Crippen molar-refractivity contribution >= 4 is 11.8 Å². The summed E-state index contributed by atoms with van der Waals surface area (Å²) in [5.74, 6) is -0.588. The Balaban J connectivity index is 2.07. The molecule has 1 N–H and O–H groups in total. The Hall–Kier alpha value is -3.41. The van der Waals surface area contributed by atoms with Gasteiger partial charge in [-0.1, -0.05) is 6.07 Å². The van der Waals surface area contributed by atoms with Crippen molar-refractivity contribution in [1.29, 1.82) is 5.26 Å². The van der Waals surface area contributed by atoms with Crippen molar-refractivity contribution in [2.24, 2.45) is 5.10 Å². The lowest BCUT2D eigenvalue weighted by Crippen LogP contribution is -2.32. The normalized spacial score (nSPS) is 14.2. The van der Waals surface area contributed by atoms with Crippen LogP contribution in [0.4, 0.5) is 13.2 Å². The largest absolute Gasteiger partial charge is 0.466 e. The molecule has 0 fully saturated rings. The second-order valence-corrected chi connectivity index (χ2v) is 5.04. The number of rotatable bonds is 2. The summed E-state index contributed by atoms with van der Waals surface area (Å²) in [5, 5.41) is 12.3. The number of alkyl halides is 3. The molecule has 9 heteroatoms. The summed E-state index contributed by atoms with van der Waals surface area (Å²) < 4.78 is 45.4. The van der Waals surface area contributed by atoms with Crippen molar-refractivity contribution < 1.29 is 22.7 Å². The van der Waals surface area contributed by atoms with Crippen LogP contribution in [-0.2, 0) is 15.7 Å². The van der Waals surface area contributed by atoms with Crippen molar-refractivity contribution in [3.8, 4) is 17.2 Å². The third-order valence-corrected chi connectivity index (χ3v) is 3.38. The number of amides is 1. The molecule has 0 radical (unpaired) electrons. The first-order valence-corrected chi connectivity index (χ1v) is 6.96. The van der Waals surface area contributed by atoms with Gasteiger partial charge >= 0.3 is 6.18 Å². The fourth-order valence-electron chi connectivity index (χ4n) is 2.24. The third kappa shape index (κ3) is 3.42. The molecule has 6 nitrogen and oxygen atoms in total. The average molecular weight is 346 g/mol. The highest BCUT2D eigenvalue weighted by molar-refractivity contribution is 5.98. The molecular formula is C16H9F3N4O2. The van der Waals surface area contributed by atoms with Crippen LogP contribution >= 0.6 is 0 Å². The van der Waals surface area contributed by atoms with Gasteiger partial charge in [-0.3, -0.25) is 4.79 Å². The number of ether oxygens (including phenoxy) is 1. The van der Waals surface area contributed by atoms with E-state index in [4.69, 9.17) is 10.00 Å². The molecule has 0 saturated carbocycles. The molecule has 0 saturated heterocycles. The SMILES string of the molecule is N#Cc1ccc(-c2ccc(C3=NNC(=O)CO3)cc2C(F)(F)F)cn1. The number of hydrogen-bond donors (Lipinski definition) is 1.